The summed E-state index contributed by atoms with van der Waals surface area (Å²) in [6, 6.07) is 5.56. The van der Waals surface area contributed by atoms with Crippen molar-refractivity contribution in [2.75, 3.05) is 12.8 Å². The van der Waals surface area contributed by atoms with Crippen molar-refractivity contribution in [1.82, 2.24) is 0 Å². The molecule has 0 bridgehead atoms. The van der Waals surface area contributed by atoms with E-state index < -0.39 is 0 Å². The van der Waals surface area contributed by atoms with E-state index in [9.17, 15) is 0 Å². The molecule has 0 saturated carbocycles. The van der Waals surface area contributed by atoms with E-state index in [2.05, 4.69) is 6.07 Å². The Hall–Kier alpha value is -1.73. The third-order valence-electron chi connectivity index (χ3n) is 2.02. The minimum atomic E-state index is 0.583. The van der Waals surface area contributed by atoms with Crippen LogP contribution in [0, 0.1) is 11.3 Å². The van der Waals surface area contributed by atoms with Crippen LogP contribution in [0.5, 0.6) is 5.75 Å². The number of hydrogen-bond acceptors (Lipinski definition) is 4. The summed E-state index contributed by atoms with van der Waals surface area (Å²) in [5.41, 5.74) is 7.01. The molecular weight excluding hydrogens is 196 g/mol. The molecule has 1 aromatic heterocycles. The molecule has 0 radical (unpaired) electrons. The van der Waals surface area contributed by atoms with Gasteiger partial charge >= 0.3 is 0 Å². The Kier molecular flexibility index (Phi) is 2.02. The van der Waals surface area contributed by atoms with Crippen molar-refractivity contribution in [3.63, 3.8) is 0 Å². The Labute approximate surface area is 85.3 Å². The largest absolute Gasteiger partial charge is 0.495 e. The van der Waals surface area contributed by atoms with E-state index in [4.69, 9.17) is 15.7 Å². The minimum absolute atomic E-state index is 0.583. The fourth-order valence-corrected chi connectivity index (χ4v) is 2.36. The highest BCUT2D eigenvalue weighted by atomic mass is 32.1. The van der Waals surface area contributed by atoms with Crippen LogP contribution in [0.4, 0.5) is 5.69 Å². The van der Waals surface area contributed by atoms with E-state index in [0.29, 0.717) is 11.3 Å². The lowest BCUT2D eigenvalue weighted by atomic mass is 10.1. The Morgan fingerprint density at radius 2 is 2.29 bits per heavy atom. The summed E-state index contributed by atoms with van der Waals surface area (Å²) in [6.07, 6.45) is 0. The molecule has 0 aliphatic heterocycles. The van der Waals surface area contributed by atoms with Gasteiger partial charge in [0.25, 0.3) is 0 Å². The molecule has 0 aliphatic rings. The standard InChI is InChI=1S/C10H8N2OS/c1-13-8-5-14-9-3-6(4-11)2-7(12)10(8)9/h2-3,5H,12H2,1H3. The highest BCUT2D eigenvalue weighted by molar-refractivity contribution is 7.17. The van der Waals surface area contributed by atoms with Gasteiger partial charge in [0.05, 0.1) is 24.1 Å². The third kappa shape index (κ3) is 1.19. The summed E-state index contributed by atoms with van der Waals surface area (Å²) in [7, 11) is 1.61. The maximum Gasteiger partial charge on any atom is 0.139 e. The number of benzene rings is 1. The monoisotopic (exact) mass is 204 g/mol. The first kappa shape index (κ1) is 8.85. The first-order valence-corrected chi connectivity index (χ1v) is 4.89. The molecule has 2 rings (SSSR count). The molecule has 0 amide bonds. The molecule has 0 fully saturated rings. The summed E-state index contributed by atoms with van der Waals surface area (Å²) >= 11 is 1.53. The van der Waals surface area contributed by atoms with Gasteiger partial charge in [-0.05, 0) is 12.1 Å². The van der Waals surface area contributed by atoms with Crippen molar-refractivity contribution in [2.24, 2.45) is 0 Å². The molecule has 0 saturated heterocycles. The summed E-state index contributed by atoms with van der Waals surface area (Å²) in [4.78, 5) is 0. The van der Waals surface area contributed by atoms with Crippen molar-refractivity contribution in [2.45, 2.75) is 0 Å². The Bertz CT molecular complexity index is 525. The van der Waals surface area contributed by atoms with Crippen LogP contribution in [0.25, 0.3) is 10.1 Å². The maximum atomic E-state index is 8.75. The topological polar surface area (TPSA) is 59.0 Å². The third-order valence-corrected chi connectivity index (χ3v) is 2.93. The molecule has 70 valence electrons. The van der Waals surface area contributed by atoms with E-state index >= 15 is 0 Å². The Morgan fingerprint density at radius 1 is 1.50 bits per heavy atom. The van der Waals surface area contributed by atoms with E-state index in [0.717, 1.165) is 15.8 Å². The molecule has 1 heterocycles. The summed E-state index contributed by atoms with van der Waals surface area (Å²) in [5.74, 6) is 0.770. The van der Waals surface area contributed by atoms with Crippen LogP contribution in [0.2, 0.25) is 0 Å². The van der Waals surface area contributed by atoms with Gasteiger partial charge < -0.3 is 10.5 Å². The van der Waals surface area contributed by atoms with E-state index in [-0.39, 0.29) is 0 Å². The number of rotatable bonds is 1. The zero-order valence-electron chi connectivity index (χ0n) is 7.57. The number of anilines is 1. The zero-order chi connectivity index (χ0) is 10.1. The first-order chi connectivity index (χ1) is 6.76. The number of ether oxygens (including phenoxy) is 1. The molecule has 2 N–H and O–H groups in total. The Morgan fingerprint density at radius 3 is 2.93 bits per heavy atom. The zero-order valence-corrected chi connectivity index (χ0v) is 8.39. The molecule has 1 aromatic carbocycles. The van der Waals surface area contributed by atoms with Crippen LogP contribution in [-0.4, -0.2) is 7.11 Å². The molecule has 0 unspecified atom stereocenters. The number of fused-ring (bicyclic) bond motifs is 1. The number of methoxy groups -OCH3 is 1. The van der Waals surface area contributed by atoms with Gasteiger partial charge in [-0.1, -0.05) is 0 Å². The predicted molar refractivity (Wildman–Crippen MR) is 57.5 cm³/mol. The number of nitriles is 1. The second-order valence-corrected chi connectivity index (χ2v) is 3.77. The van der Waals surface area contributed by atoms with Gasteiger partial charge in [-0.25, -0.2) is 0 Å². The van der Waals surface area contributed by atoms with Gasteiger partial charge in [0.15, 0.2) is 0 Å². The van der Waals surface area contributed by atoms with Crippen LogP contribution >= 0.6 is 11.3 Å². The maximum absolute atomic E-state index is 8.75. The lowest BCUT2D eigenvalue weighted by molar-refractivity contribution is 0.421. The van der Waals surface area contributed by atoms with Crippen LogP contribution in [-0.2, 0) is 0 Å². The number of nitrogens with zero attached hydrogens (tertiary/aromatic N) is 1. The molecule has 14 heavy (non-hydrogen) atoms. The second-order valence-electron chi connectivity index (χ2n) is 2.85. The van der Waals surface area contributed by atoms with Crippen LogP contribution in [0.15, 0.2) is 17.5 Å². The average Bonchev–Trinajstić information content (AvgIpc) is 2.61. The number of hydrogen-bond donors (Lipinski definition) is 1. The lowest BCUT2D eigenvalue weighted by Crippen LogP contribution is -1.89. The molecule has 0 spiro atoms. The van der Waals surface area contributed by atoms with Crippen molar-refractivity contribution >= 4 is 27.1 Å². The molecule has 2 aromatic rings. The summed E-state index contributed by atoms with van der Waals surface area (Å²) in [6.45, 7) is 0. The number of nitrogens with two attached hydrogens (primary N) is 1. The smallest absolute Gasteiger partial charge is 0.139 e. The van der Waals surface area contributed by atoms with Crippen molar-refractivity contribution in [3.8, 4) is 11.8 Å². The molecule has 0 atom stereocenters. The van der Waals surface area contributed by atoms with E-state index in [1.165, 1.54) is 11.3 Å². The van der Waals surface area contributed by atoms with Crippen molar-refractivity contribution in [1.29, 1.82) is 5.26 Å². The molecule has 3 nitrogen and oxygen atoms in total. The van der Waals surface area contributed by atoms with E-state index in [1.807, 2.05) is 11.4 Å². The molecule has 4 heteroatoms. The van der Waals surface area contributed by atoms with Crippen LogP contribution < -0.4 is 10.5 Å². The van der Waals surface area contributed by atoms with Crippen molar-refractivity contribution in [3.05, 3.63) is 23.1 Å². The van der Waals surface area contributed by atoms with Gasteiger partial charge in [-0.15, -0.1) is 11.3 Å². The normalized spacial score (nSPS) is 10.0. The van der Waals surface area contributed by atoms with Gasteiger partial charge in [0, 0.05) is 15.8 Å². The summed E-state index contributed by atoms with van der Waals surface area (Å²) < 4.78 is 6.15. The average molecular weight is 204 g/mol. The first-order valence-electron chi connectivity index (χ1n) is 4.01. The van der Waals surface area contributed by atoms with Gasteiger partial charge in [-0.2, -0.15) is 5.26 Å². The van der Waals surface area contributed by atoms with Crippen LogP contribution in [0.1, 0.15) is 5.56 Å². The minimum Gasteiger partial charge on any atom is -0.495 e. The van der Waals surface area contributed by atoms with Crippen LogP contribution in [0.3, 0.4) is 0 Å². The number of nitrogen functional groups attached to an aromatic ring is 1. The predicted octanol–water partition coefficient (Wildman–Crippen LogP) is 2.36. The second kappa shape index (κ2) is 3.20. The highest BCUT2D eigenvalue weighted by Crippen LogP contribution is 2.36. The van der Waals surface area contributed by atoms with Crippen molar-refractivity contribution < 1.29 is 4.74 Å². The molecule has 0 aliphatic carbocycles. The van der Waals surface area contributed by atoms with Gasteiger partial charge in [0.1, 0.15) is 5.75 Å². The Balaban J connectivity index is 2.80. The summed E-state index contributed by atoms with van der Waals surface area (Å²) in [5, 5.41) is 11.5. The van der Waals surface area contributed by atoms with Gasteiger partial charge in [-0.3, -0.25) is 0 Å². The molecular formula is C10H8N2OS. The highest BCUT2D eigenvalue weighted by Gasteiger charge is 2.08. The SMILES string of the molecule is COc1csc2cc(C#N)cc(N)c12. The number of thiophene rings is 1. The lowest BCUT2D eigenvalue weighted by Gasteiger charge is -2.00. The fourth-order valence-electron chi connectivity index (χ4n) is 1.38. The van der Waals surface area contributed by atoms with E-state index in [1.54, 1.807) is 13.2 Å². The fraction of sp³-hybridized carbons (Fsp3) is 0.100. The van der Waals surface area contributed by atoms with Gasteiger partial charge in [0.2, 0.25) is 0 Å². The quantitative estimate of drug-likeness (QED) is 0.725.